The Hall–Kier alpha value is -2.04. The average molecular weight is 278 g/mol. The number of carboxylic acid groups (broad SMARTS) is 2. The van der Waals surface area contributed by atoms with Crippen LogP contribution in [0.5, 0.6) is 5.75 Å². The summed E-state index contributed by atoms with van der Waals surface area (Å²) in [6, 6.07) is 6.95. The number of benzene rings is 1. The second-order valence-electron chi connectivity index (χ2n) is 5.25. The van der Waals surface area contributed by atoms with E-state index in [1.807, 2.05) is 0 Å². The Labute approximate surface area is 118 Å². The molecule has 0 aliphatic heterocycles. The van der Waals surface area contributed by atoms with Crippen LogP contribution in [-0.2, 0) is 9.59 Å². The number of ether oxygens (including phenoxy) is 1. The first-order valence-electron chi connectivity index (χ1n) is 6.34. The standard InChI is InChI=1S/C15H20O5/c1-15(2,14(18)19)12(7-8-13(16)17)10-5-4-6-11(9-10)20-3/h4-6,9,12H,7-8H2,1-3H3,(H,16,17)(H,18,19)/p-2/t12-/m1/s1. The Kier molecular flexibility index (Phi) is 5.13. The molecular formula is C15H18O5-2. The molecule has 20 heavy (non-hydrogen) atoms. The van der Waals surface area contributed by atoms with Crippen molar-refractivity contribution in [3.05, 3.63) is 29.8 Å². The Morgan fingerprint density at radius 2 is 1.95 bits per heavy atom. The van der Waals surface area contributed by atoms with Crippen LogP contribution in [0, 0.1) is 5.41 Å². The lowest BCUT2D eigenvalue weighted by Crippen LogP contribution is -2.42. The monoisotopic (exact) mass is 278 g/mol. The second-order valence-corrected chi connectivity index (χ2v) is 5.25. The summed E-state index contributed by atoms with van der Waals surface area (Å²) in [4.78, 5) is 22.0. The van der Waals surface area contributed by atoms with E-state index >= 15 is 0 Å². The predicted octanol–water partition coefficient (Wildman–Crippen LogP) is 0.0850. The summed E-state index contributed by atoms with van der Waals surface area (Å²) in [5, 5.41) is 22.0. The molecule has 0 fully saturated rings. The van der Waals surface area contributed by atoms with Gasteiger partial charge in [-0.2, -0.15) is 0 Å². The lowest BCUT2D eigenvalue weighted by Gasteiger charge is -2.36. The highest BCUT2D eigenvalue weighted by Gasteiger charge is 2.32. The zero-order valence-corrected chi connectivity index (χ0v) is 11.8. The van der Waals surface area contributed by atoms with E-state index in [1.165, 1.54) is 21.0 Å². The molecule has 0 bridgehead atoms. The van der Waals surface area contributed by atoms with E-state index in [0.717, 1.165) is 0 Å². The maximum absolute atomic E-state index is 11.3. The highest BCUT2D eigenvalue weighted by Crippen LogP contribution is 2.39. The van der Waals surface area contributed by atoms with Gasteiger partial charge in [0.25, 0.3) is 0 Å². The average Bonchev–Trinajstić information content (AvgIpc) is 2.38. The van der Waals surface area contributed by atoms with E-state index in [9.17, 15) is 19.8 Å². The maximum atomic E-state index is 11.3. The molecule has 5 nitrogen and oxygen atoms in total. The van der Waals surface area contributed by atoms with Gasteiger partial charge >= 0.3 is 0 Å². The van der Waals surface area contributed by atoms with Crippen molar-refractivity contribution in [2.24, 2.45) is 5.41 Å². The number of carbonyl (C=O) groups excluding carboxylic acids is 2. The molecule has 110 valence electrons. The first-order chi connectivity index (χ1) is 9.28. The lowest BCUT2D eigenvalue weighted by molar-refractivity contribution is -0.319. The van der Waals surface area contributed by atoms with Gasteiger partial charge in [-0.15, -0.1) is 0 Å². The fourth-order valence-electron chi connectivity index (χ4n) is 2.21. The van der Waals surface area contributed by atoms with Crippen LogP contribution in [-0.4, -0.2) is 19.0 Å². The third kappa shape index (κ3) is 3.73. The van der Waals surface area contributed by atoms with Gasteiger partial charge in [0.2, 0.25) is 0 Å². The van der Waals surface area contributed by atoms with Crippen molar-refractivity contribution in [1.29, 1.82) is 0 Å². The predicted molar refractivity (Wildman–Crippen MR) is 68.8 cm³/mol. The van der Waals surface area contributed by atoms with Gasteiger partial charge in [-0.05, 0) is 36.5 Å². The van der Waals surface area contributed by atoms with E-state index in [0.29, 0.717) is 11.3 Å². The van der Waals surface area contributed by atoms with Crippen LogP contribution in [0.15, 0.2) is 24.3 Å². The van der Waals surface area contributed by atoms with Gasteiger partial charge in [-0.25, -0.2) is 0 Å². The zero-order valence-electron chi connectivity index (χ0n) is 11.8. The van der Waals surface area contributed by atoms with Gasteiger partial charge in [-0.3, -0.25) is 0 Å². The highest BCUT2D eigenvalue weighted by atomic mass is 16.5. The van der Waals surface area contributed by atoms with Crippen molar-refractivity contribution in [2.75, 3.05) is 7.11 Å². The SMILES string of the molecule is COc1cccc([C@@H](CCC(=O)[O-])C(C)(C)C(=O)[O-])c1. The molecule has 1 aromatic rings. The van der Waals surface area contributed by atoms with Crippen LogP contribution in [0.1, 0.15) is 38.2 Å². The highest BCUT2D eigenvalue weighted by molar-refractivity contribution is 5.73. The Bertz CT molecular complexity index is 493. The van der Waals surface area contributed by atoms with Crippen molar-refractivity contribution in [2.45, 2.75) is 32.6 Å². The maximum Gasteiger partial charge on any atom is 0.119 e. The number of carboxylic acids is 2. The summed E-state index contributed by atoms with van der Waals surface area (Å²) in [6.45, 7) is 3.06. The first-order valence-corrected chi connectivity index (χ1v) is 6.34. The minimum atomic E-state index is -1.22. The molecule has 0 spiro atoms. The smallest absolute Gasteiger partial charge is 0.119 e. The Balaban J connectivity index is 3.14. The van der Waals surface area contributed by atoms with Gasteiger partial charge in [-0.1, -0.05) is 26.0 Å². The summed E-state index contributed by atoms with van der Waals surface area (Å²) < 4.78 is 5.11. The van der Waals surface area contributed by atoms with Gasteiger partial charge in [0, 0.05) is 17.4 Å². The topological polar surface area (TPSA) is 89.5 Å². The van der Waals surface area contributed by atoms with E-state index in [2.05, 4.69) is 0 Å². The minimum absolute atomic E-state index is 0.163. The lowest BCUT2D eigenvalue weighted by atomic mass is 9.72. The molecule has 0 aliphatic rings. The van der Waals surface area contributed by atoms with Crippen LogP contribution in [0.4, 0.5) is 0 Å². The molecule has 0 aromatic heterocycles. The number of hydrogen-bond donors (Lipinski definition) is 0. The van der Waals surface area contributed by atoms with Gasteiger partial charge < -0.3 is 24.5 Å². The quantitative estimate of drug-likeness (QED) is 0.705. The Morgan fingerprint density at radius 1 is 1.30 bits per heavy atom. The van der Waals surface area contributed by atoms with E-state index in [4.69, 9.17) is 4.74 Å². The molecule has 1 atom stereocenters. The molecule has 5 heteroatoms. The summed E-state index contributed by atoms with van der Waals surface area (Å²) >= 11 is 0. The zero-order chi connectivity index (χ0) is 15.3. The van der Waals surface area contributed by atoms with Crippen LogP contribution in [0.2, 0.25) is 0 Å². The van der Waals surface area contributed by atoms with Crippen molar-refractivity contribution < 1.29 is 24.5 Å². The normalized spacial score (nSPS) is 12.8. The van der Waals surface area contributed by atoms with Crippen molar-refractivity contribution in [1.82, 2.24) is 0 Å². The van der Waals surface area contributed by atoms with E-state index in [-0.39, 0.29) is 12.8 Å². The largest absolute Gasteiger partial charge is 0.550 e. The molecule has 0 saturated carbocycles. The summed E-state index contributed by atoms with van der Waals surface area (Å²) in [5.74, 6) is -2.33. The number of methoxy groups -OCH3 is 1. The van der Waals surface area contributed by atoms with Crippen LogP contribution in [0.3, 0.4) is 0 Å². The molecule has 1 rings (SSSR count). The molecule has 0 saturated heterocycles. The molecule has 0 heterocycles. The first kappa shape index (κ1) is 16.0. The molecule has 0 radical (unpaired) electrons. The fourth-order valence-corrected chi connectivity index (χ4v) is 2.21. The van der Waals surface area contributed by atoms with Crippen LogP contribution < -0.4 is 14.9 Å². The minimum Gasteiger partial charge on any atom is -0.550 e. The summed E-state index contributed by atoms with van der Waals surface area (Å²) in [5.41, 5.74) is -0.484. The number of rotatable bonds is 7. The molecule has 0 unspecified atom stereocenters. The summed E-state index contributed by atoms with van der Waals surface area (Å²) in [7, 11) is 1.51. The van der Waals surface area contributed by atoms with Gasteiger partial charge in [0.15, 0.2) is 0 Å². The fraction of sp³-hybridized carbons (Fsp3) is 0.467. The Morgan fingerprint density at radius 3 is 2.45 bits per heavy atom. The molecule has 0 N–H and O–H groups in total. The number of hydrogen-bond acceptors (Lipinski definition) is 5. The second kappa shape index (κ2) is 6.41. The van der Waals surface area contributed by atoms with Crippen molar-refractivity contribution in [3.8, 4) is 5.75 Å². The van der Waals surface area contributed by atoms with Crippen molar-refractivity contribution >= 4 is 11.9 Å². The molecule has 1 aromatic carbocycles. The van der Waals surface area contributed by atoms with E-state index < -0.39 is 23.3 Å². The third-order valence-electron chi connectivity index (χ3n) is 3.53. The molecule has 0 aliphatic carbocycles. The van der Waals surface area contributed by atoms with Gasteiger partial charge in [0.05, 0.1) is 7.11 Å². The van der Waals surface area contributed by atoms with Gasteiger partial charge in [0.1, 0.15) is 5.75 Å². The van der Waals surface area contributed by atoms with Crippen molar-refractivity contribution in [3.63, 3.8) is 0 Å². The summed E-state index contributed by atoms with van der Waals surface area (Å²) in [6.07, 6.45) is -0.0466. The number of aliphatic carboxylic acids is 2. The van der Waals surface area contributed by atoms with Crippen LogP contribution >= 0.6 is 0 Å². The molecular weight excluding hydrogens is 260 g/mol. The number of carbonyl (C=O) groups is 2. The third-order valence-corrected chi connectivity index (χ3v) is 3.53. The van der Waals surface area contributed by atoms with E-state index in [1.54, 1.807) is 24.3 Å². The van der Waals surface area contributed by atoms with Crippen LogP contribution in [0.25, 0.3) is 0 Å². The molecule has 0 amide bonds.